The first kappa shape index (κ1) is 16.3. The lowest BCUT2D eigenvalue weighted by molar-refractivity contribution is 0.341. The SMILES string of the molecule is CC1CCCCCN1S(=O)(=O)c1c(Br)cc(N)cc1Br. The molecule has 1 unspecified atom stereocenters. The fraction of sp³-hybridized carbons (Fsp3) is 0.538. The van der Waals surface area contributed by atoms with E-state index in [2.05, 4.69) is 31.9 Å². The molecule has 20 heavy (non-hydrogen) atoms. The summed E-state index contributed by atoms with van der Waals surface area (Å²) in [5.41, 5.74) is 6.25. The monoisotopic (exact) mass is 424 g/mol. The van der Waals surface area contributed by atoms with Gasteiger partial charge in [-0.25, -0.2) is 8.42 Å². The topological polar surface area (TPSA) is 63.4 Å². The van der Waals surface area contributed by atoms with E-state index in [9.17, 15) is 8.42 Å². The third-order valence-electron chi connectivity index (χ3n) is 3.58. The van der Waals surface area contributed by atoms with Gasteiger partial charge in [-0.05, 0) is 63.8 Å². The fourth-order valence-electron chi connectivity index (χ4n) is 2.55. The number of nitrogens with two attached hydrogens (primary N) is 1. The molecule has 2 N–H and O–H groups in total. The standard InChI is InChI=1S/C13H18Br2N2O2S/c1-9-5-3-2-4-6-17(9)20(18,19)13-11(14)7-10(16)8-12(13)15/h7-9H,2-6,16H2,1H3. The van der Waals surface area contributed by atoms with E-state index in [1.807, 2.05) is 6.92 Å². The zero-order chi connectivity index (χ0) is 14.9. The smallest absolute Gasteiger partial charge is 0.245 e. The molecule has 0 radical (unpaired) electrons. The molecule has 1 heterocycles. The van der Waals surface area contributed by atoms with Gasteiger partial charge in [-0.2, -0.15) is 4.31 Å². The Balaban J connectivity index is 2.49. The highest BCUT2D eigenvalue weighted by Gasteiger charge is 2.33. The number of halogens is 2. The van der Waals surface area contributed by atoms with Crippen molar-refractivity contribution in [3.8, 4) is 0 Å². The normalized spacial score (nSPS) is 21.6. The number of anilines is 1. The van der Waals surface area contributed by atoms with Gasteiger partial charge in [0.2, 0.25) is 10.0 Å². The summed E-state index contributed by atoms with van der Waals surface area (Å²) in [4.78, 5) is 0.264. The second-order valence-electron chi connectivity index (χ2n) is 5.13. The van der Waals surface area contributed by atoms with Crippen LogP contribution in [-0.4, -0.2) is 25.3 Å². The van der Waals surface area contributed by atoms with Crippen molar-refractivity contribution in [2.45, 2.75) is 43.5 Å². The molecule has 0 spiro atoms. The Morgan fingerprint density at radius 1 is 1.20 bits per heavy atom. The van der Waals surface area contributed by atoms with E-state index in [1.54, 1.807) is 16.4 Å². The van der Waals surface area contributed by atoms with Crippen LogP contribution in [0.1, 0.15) is 32.6 Å². The van der Waals surface area contributed by atoms with Gasteiger partial charge in [-0.3, -0.25) is 0 Å². The van der Waals surface area contributed by atoms with Crippen LogP contribution in [0.3, 0.4) is 0 Å². The number of nitrogen functional groups attached to an aromatic ring is 1. The first-order valence-electron chi connectivity index (χ1n) is 6.60. The van der Waals surface area contributed by atoms with Crippen molar-refractivity contribution in [3.05, 3.63) is 21.1 Å². The lowest BCUT2D eigenvalue weighted by atomic mass is 10.1. The van der Waals surface area contributed by atoms with Crippen LogP contribution in [0.2, 0.25) is 0 Å². The maximum Gasteiger partial charge on any atom is 0.245 e. The molecule has 0 aromatic heterocycles. The Labute approximate surface area is 137 Å². The largest absolute Gasteiger partial charge is 0.399 e. The first-order chi connectivity index (χ1) is 9.34. The Kier molecular flexibility index (Phi) is 5.15. The number of benzene rings is 1. The van der Waals surface area contributed by atoms with Gasteiger partial charge >= 0.3 is 0 Å². The summed E-state index contributed by atoms with van der Waals surface area (Å²) in [5, 5.41) is 0. The van der Waals surface area contributed by atoms with Gasteiger partial charge in [0, 0.05) is 27.2 Å². The van der Waals surface area contributed by atoms with Gasteiger partial charge in [0.1, 0.15) is 4.90 Å². The second kappa shape index (κ2) is 6.34. The molecular weight excluding hydrogens is 408 g/mol. The average Bonchev–Trinajstić information content (AvgIpc) is 2.52. The minimum Gasteiger partial charge on any atom is -0.399 e. The summed E-state index contributed by atoms with van der Waals surface area (Å²) in [6.45, 7) is 2.55. The maximum atomic E-state index is 12.9. The van der Waals surface area contributed by atoms with Crippen LogP contribution in [0, 0.1) is 0 Å². The molecule has 1 atom stereocenters. The van der Waals surface area contributed by atoms with Crippen molar-refractivity contribution >= 4 is 47.6 Å². The average molecular weight is 426 g/mol. The molecular formula is C13H18Br2N2O2S. The number of nitrogens with zero attached hydrogens (tertiary/aromatic N) is 1. The van der Waals surface area contributed by atoms with Crippen molar-refractivity contribution in [1.29, 1.82) is 0 Å². The highest BCUT2D eigenvalue weighted by molar-refractivity contribution is 9.11. The number of sulfonamides is 1. The molecule has 1 aliphatic rings. The number of hydrogen-bond donors (Lipinski definition) is 1. The third-order valence-corrected chi connectivity index (χ3v) is 7.47. The van der Waals surface area contributed by atoms with Crippen molar-refractivity contribution in [2.24, 2.45) is 0 Å². The quantitative estimate of drug-likeness (QED) is 0.733. The van der Waals surface area contributed by atoms with Gasteiger partial charge < -0.3 is 5.73 Å². The van der Waals surface area contributed by atoms with Crippen molar-refractivity contribution in [3.63, 3.8) is 0 Å². The van der Waals surface area contributed by atoms with E-state index in [1.165, 1.54) is 0 Å². The summed E-state index contributed by atoms with van der Waals surface area (Å²) >= 11 is 6.65. The van der Waals surface area contributed by atoms with Crippen LogP contribution in [0.25, 0.3) is 0 Å². The van der Waals surface area contributed by atoms with Gasteiger partial charge in [-0.15, -0.1) is 0 Å². The molecule has 2 rings (SSSR count). The van der Waals surface area contributed by atoms with Crippen LogP contribution in [0.4, 0.5) is 5.69 Å². The summed E-state index contributed by atoms with van der Waals surface area (Å²) in [5.74, 6) is 0. The summed E-state index contributed by atoms with van der Waals surface area (Å²) < 4.78 is 28.5. The van der Waals surface area contributed by atoms with Gasteiger partial charge in [-0.1, -0.05) is 12.8 Å². The third kappa shape index (κ3) is 3.21. The van der Waals surface area contributed by atoms with Crippen LogP contribution in [0.15, 0.2) is 26.0 Å². The molecule has 0 bridgehead atoms. The first-order valence-corrected chi connectivity index (χ1v) is 9.63. The van der Waals surface area contributed by atoms with E-state index in [0.29, 0.717) is 21.2 Å². The molecule has 112 valence electrons. The van der Waals surface area contributed by atoms with Crippen LogP contribution >= 0.6 is 31.9 Å². The Morgan fingerprint density at radius 2 is 1.80 bits per heavy atom. The van der Waals surface area contributed by atoms with Gasteiger partial charge in [0.15, 0.2) is 0 Å². The van der Waals surface area contributed by atoms with Crippen molar-refractivity contribution < 1.29 is 8.42 Å². The second-order valence-corrected chi connectivity index (χ2v) is 8.66. The summed E-state index contributed by atoms with van der Waals surface area (Å²) in [6.07, 6.45) is 3.98. The Morgan fingerprint density at radius 3 is 2.40 bits per heavy atom. The van der Waals surface area contributed by atoms with E-state index >= 15 is 0 Å². The molecule has 1 aromatic rings. The van der Waals surface area contributed by atoms with E-state index < -0.39 is 10.0 Å². The van der Waals surface area contributed by atoms with E-state index in [-0.39, 0.29) is 10.9 Å². The molecule has 1 aromatic carbocycles. The number of hydrogen-bond acceptors (Lipinski definition) is 3. The predicted octanol–water partition coefficient (Wildman–Crippen LogP) is 3.75. The molecule has 0 aliphatic carbocycles. The van der Waals surface area contributed by atoms with Crippen LogP contribution in [-0.2, 0) is 10.0 Å². The maximum absolute atomic E-state index is 12.9. The Hall–Kier alpha value is -0.110. The molecule has 0 amide bonds. The van der Waals surface area contributed by atoms with Crippen LogP contribution < -0.4 is 5.73 Å². The van der Waals surface area contributed by atoms with Gasteiger partial charge in [0.05, 0.1) is 0 Å². The highest BCUT2D eigenvalue weighted by Crippen LogP contribution is 2.36. The highest BCUT2D eigenvalue weighted by atomic mass is 79.9. The minimum atomic E-state index is -3.53. The van der Waals surface area contributed by atoms with Crippen LogP contribution in [0.5, 0.6) is 0 Å². The zero-order valence-electron chi connectivity index (χ0n) is 11.3. The lowest BCUT2D eigenvalue weighted by Gasteiger charge is -2.27. The van der Waals surface area contributed by atoms with Gasteiger partial charge in [0.25, 0.3) is 0 Å². The summed E-state index contributed by atoms with van der Waals surface area (Å²) in [6, 6.07) is 3.28. The molecule has 4 nitrogen and oxygen atoms in total. The van der Waals surface area contributed by atoms with E-state index in [4.69, 9.17) is 5.73 Å². The van der Waals surface area contributed by atoms with Crippen molar-refractivity contribution in [2.75, 3.05) is 12.3 Å². The Bertz CT molecular complexity index is 581. The molecule has 1 saturated heterocycles. The molecule has 1 fully saturated rings. The number of rotatable bonds is 2. The fourth-order valence-corrected chi connectivity index (χ4v) is 6.79. The minimum absolute atomic E-state index is 0.0267. The van der Waals surface area contributed by atoms with E-state index in [0.717, 1.165) is 25.7 Å². The summed E-state index contributed by atoms with van der Waals surface area (Å²) in [7, 11) is -3.53. The molecule has 1 aliphatic heterocycles. The van der Waals surface area contributed by atoms with Crippen molar-refractivity contribution in [1.82, 2.24) is 4.31 Å². The zero-order valence-corrected chi connectivity index (χ0v) is 15.3. The lowest BCUT2D eigenvalue weighted by Crippen LogP contribution is -2.38. The molecule has 0 saturated carbocycles. The predicted molar refractivity (Wildman–Crippen MR) is 88.1 cm³/mol. The molecule has 7 heteroatoms.